The van der Waals surface area contributed by atoms with Crippen LogP contribution in [0.5, 0.6) is 23.0 Å². The lowest BCUT2D eigenvalue weighted by molar-refractivity contribution is -0.116. The van der Waals surface area contributed by atoms with E-state index in [2.05, 4.69) is 5.32 Å². The molecule has 2 aliphatic rings. The molecule has 0 atom stereocenters. The van der Waals surface area contributed by atoms with E-state index < -0.39 is 11.2 Å². The van der Waals surface area contributed by atoms with Crippen molar-refractivity contribution in [3.05, 3.63) is 87.2 Å². The minimum atomic E-state index is -0.482. The number of halogens is 1. The van der Waals surface area contributed by atoms with E-state index in [0.717, 1.165) is 0 Å². The Labute approximate surface area is 221 Å². The summed E-state index contributed by atoms with van der Waals surface area (Å²) in [6, 6.07) is 14.6. The Balaban J connectivity index is 1.39. The summed E-state index contributed by atoms with van der Waals surface area (Å²) in [5, 5.41) is 3.55. The summed E-state index contributed by atoms with van der Waals surface area (Å²) in [4.78, 5) is 39.9. The number of ether oxygens (including phenoxy) is 4. The summed E-state index contributed by atoms with van der Waals surface area (Å²) < 4.78 is 24.0. The van der Waals surface area contributed by atoms with Crippen molar-refractivity contribution in [1.82, 2.24) is 4.57 Å². The molecule has 6 rings (SSSR count). The van der Waals surface area contributed by atoms with Gasteiger partial charge in [0.15, 0.2) is 28.8 Å². The van der Waals surface area contributed by atoms with Gasteiger partial charge in [0.2, 0.25) is 11.3 Å². The second-order valence-electron chi connectivity index (χ2n) is 8.76. The number of hydrogen-bond donors (Lipinski definition) is 1. The summed E-state index contributed by atoms with van der Waals surface area (Å²) in [6.45, 7) is 1.42. The molecule has 0 unspecified atom stereocenters. The van der Waals surface area contributed by atoms with Crippen LogP contribution in [0.1, 0.15) is 15.9 Å². The fraction of sp³-hybridized carbons (Fsp3) is 0.179. The number of hydrogen-bond acceptors (Lipinski definition) is 7. The van der Waals surface area contributed by atoms with Gasteiger partial charge in [0.1, 0.15) is 33.0 Å². The SMILES string of the molecule is O=C(Cn1cc(C(=O)c2ccc(Cl)cc2)c(=O)c2cc3c(cc21)OCCO3)Nc1ccc2c(c1)OCCO2. The zero-order valence-corrected chi connectivity index (χ0v) is 20.7. The third kappa shape index (κ3) is 4.52. The number of rotatable bonds is 5. The minimum absolute atomic E-state index is 0.0800. The van der Waals surface area contributed by atoms with Crippen LogP contribution >= 0.6 is 11.6 Å². The van der Waals surface area contributed by atoms with E-state index >= 15 is 0 Å². The highest BCUT2D eigenvalue weighted by atomic mass is 35.5. The topological polar surface area (TPSA) is 105 Å². The molecule has 9 nitrogen and oxygen atoms in total. The molecule has 0 bridgehead atoms. The molecule has 0 fully saturated rings. The largest absolute Gasteiger partial charge is 0.486 e. The zero-order chi connectivity index (χ0) is 26.2. The molecular formula is C28H21ClN2O7. The first kappa shape index (κ1) is 23.9. The third-order valence-corrected chi connectivity index (χ3v) is 6.49. The van der Waals surface area contributed by atoms with Crippen molar-refractivity contribution < 1.29 is 28.5 Å². The summed E-state index contributed by atoms with van der Waals surface area (Å²) in [7, 11) is 0. The molecule has 2 aliphatic heterocycles. The van der Waals surface area contributed by atoms with Gasteiger partial charge in [-0.3, -0.25) is 14.4 Å². The molecule has 10 heteroatoms. The molecule has 0 radical (unpaired) electrons. The first-order chi connectivity index (χ1) is 18.5. The molecule has 1 amide bonds. The van der Waals surface area contributed by atoms with Crippen molar-refractivity contribution in [3.8, 4) is 23.0 Å². The lowest BCUT2D eigenvalue weighted by atomic mass is 10.0. The van der Waals surface area contributed by atoms with Crippen molar-refractivity contribution in [2.45, 2.75) is 6.54 Å². The highest BCUT2D eigenvalue weighted by Gasteiger charge is 2.22. The number of carbonyl (C=O) groups excluding carboxylic acids is 2. The molecule has 1 aromatic heterocycles. The van der Waals surface area contributed by atoms with Crippen molar-refractivity contribution in [2.75, 3.05) is 31.7 Å². The highest BCUT2D eigenvalue weighted by molar-refractivity contribution is 6.30. The number of fused-ring (bicyclic) bond motifs is 3. The van der Waals surface area contributed by atoms with Crippen molar-refractivity contribution >= 4 is 39.9 Å². The first-order valence-corrected chi connectivity index (χ1v) is 12.3. The Kier molecular flexibility index (Phi) is 6.13. The van der Waals surface area contributed by atoms with Crippen molar-refractivity contribution in [2.24, 2.45) is 0 Å². The normalized spacial score (nSPS) is 13.7. The van der Waals surface area contributed by atoms with Crippen LogP contribution in [0.4, 0.5) is 5.69 Å². The first-order valence-electron chi connectivity index (χ1n) is 11.9. The van der Waals surface area contributed by atoms with Crippen LogP contribution in [0.15, 0.2) is 65.6 Å². The van der Waals surface area contributed by atoms with Crippen LogP contribution in [0.2, 0.25) is 5.02 Å². The average Bonchev–Trinajstić information content (AvgIpc) is 2.93. The van der Waals surface area contributed by atoms with Crippen LogP contribution in [0.3, 0.4) is 0 Å². The molecule has 3 aromatic carbocycles. The monoisotopic (exact) mass is 532 g/mol. The van der Waals surface area contributed by atoms with Gasteiger partial charge in [-0.25, -0.2) is 0 Å². The Morgan fingerprint density at radius 3 is 2.16 bits per heavy atom. The summed E-state index contributed by atoms with van der Waals surface area (Å²) >= 11 is 5.97. The predicted octanol–water partition coefficient (Wildman–Crippen LogP) is 4.07. The number of amides is 1. The highest BCUT2D eigenvalue weighted by Crippen LogP contribution is 2.35. The number of pyridine rings is 1. The van der Waals surface area contributed by atoms with Gasteiger partial charge in [0, 0.05) is 34.6 Å². The smallest absolute Gasteiger partial charge is 0.244 e. The van der Waals surface area contributed by atoms with Crippen molar-refractivity contribution in [3.63, 3.8) is 0 Å². The third-order valence-electron chi connectivity index (χ3n) is 6.24. The van der Waals surface area contributed by atoms with Gasteiger partial charge < -0.3 is 28.8 Å². The fourth-order valence-electron chi connectivity index (χ4n) is 4.45. The number of carbonyl (C=O) groups is 2. The van der Waals surface area contributed by atoms with E-state index in [1.165, 1.54) is 6.20 Å². The van der Waals surface area contributed by atoms with E-state index in [-0.39, 0.29) is 23.4 Å². The number of nitrogens with one attached hydrogen (secondary N) is 1. The maximum absolute atomic E-state index is 13.5. The van der Waals surface area contributed by atoms with E-state index in [4.69, 9.17) is 30.5 Å². The van der Waals surface area contributed by atoms with E-state index in [1.54, 1.807) is 59.2 Å². The van der Waals surface area contributed by atoms with Gasteiger partial charge in [0.25, 0.3) is 0 Å². The maximum atomic E-state index is 13.5. The molecule has 3 heterocycles. The Hall–Kier alpha value is -4.50. The molecule has 38 heavy (non-hydrogen) atoms. The Morgan fingerprint density at radius 1 is 0.816 bits per heavy atom. The zero-order valence-electron chi connectivity index (χ0n) is 20.0. The van der Waals surface area contributed by atoms with Crippen LogP contribution in [-0.2, 0) is 11.3 Å². The maximum Gasteiger partial charge on any atom is 0.244 e. The average molecular weight is 533 g/mol. The van der Waals surface area contributed by atoms with E-state index in [9.17, 15) is 14.4 Å². The Bertz CT molecular complexity index is 1650. The minimum Gasteiger partial charge on any atom is -0.486 e. The van der Waals surface area contributed by atoms with Gasteiger partial charge in [-0.2, -0.15) is 0 Å². The summed E-state index contributed by atoms with van der Waals surface area (Å²) in [5.74, 6) is 1.17. The molecule has 192 valence electrons. The number of nitrogens with zero attached hydrogens (tertiary/aromatic N) is 1. The molecule has 1 N–H and O–H groups in total. The second kappa shape index (κ2) is 9.75. The quantitative estimate of drug-likeness (QED) is 0.386. The van der Waals surface area contributed by atoms with Crippen molar-refractivity contribution in [1.29, 1.82) is 0 Å². The number of benzene rings is 3. The molecule has 4 aromatic rings. The number of aromatic nitrogens is 1. The van der Waals surface area contributed by atoms with E-state index in [0.29, 0.717) is 71.2 Å². The van der Waals surface area contributed by atoms with Gasteiger partial charge in [-0.05, 0) is 42.5 Å². The lowest BCUT2D eigenvalue weighted by Crippen LogP contribution is -2.25. The van der Waals surface area contributed by atoms with Crippen LogP contribution in [0.25, 0.3) is 10.9 Å². The summed E-state index contributed by atoms with van der Waals surface area (Å²) in [6.07, 6.45) is 1.40. The van der Waals surface area contributed by atoms with Gasteiger partial charge >= 0.3 is 0 Å². The molecular weight excluding hydrogens is 512 g/mol. The molecule has 0 aliphatic carbocycles. The second-order valence-corrected chi connectivity index (χ2v) is 9.19. The molecule has 0 saturated carbocycles. The van der Waals surface area contributed by atoms with Crippen LogP contribution in [0, 0.1) is 0 Å². The van der Waals surface area contributed by atoms with Gasteiger partial charge in [-0.15, -0.1) is 0 Å². The molecule has 0 spiro atoms. The Morgan fingerprint density at radius 2 is 1.45 bits per heavy atom. The lowest BCUT2D eigenvalue weighted by Gasteiger charge is -2.21. The number of ketones is 1. The fourth-order valence-corrected chi connectivity index (χ4v) is 4.58. The van der Waals surface area contributed by atoms with E-state index in [1.807, 2.05) is 0 Å². The predicted molar refractivity (Wildman–Crippen MR) is 140 cm³/mol. The van der Waals surface area contributed by atoms with Crippen LogP contribution in [-0.4, -0.2) is 42.7 Å². The van der Waals surface area contributed by atoms with Crippen LogP contribution < -0.4 is 29.7 Å². The molecule has 0 saturated heterocycles. The summed E-state index contributed by atoms with van der Waals surface area (Å²) in [5.41, 5.74) is 0.708. The van der Waals surface area contributed by atoms with Gasteiger partial charge in [0.05, 0.1) is 16.5 Å². The standard InChI is InChI=1S/C28H21ClN2O7/c29-17-3-1-16(2-4-17)27(33)20-14-31(21-13-25-24(37-9-10-38-25)12-19(21)28(20)34)15-26(32)30-18-5-6-22-23(11-18)36-8-7-35-22/h1-6,11-14H,7-10,15H2,(H,30,32). The number of anilines is 1. The van der Waals surface area contributed by atoms with Gasteiger partial charge in [-0.1, -0.05) is 11.6 Å².